The molecule has 3 aromatic rings. The largest absolute Gasteiger partial charge is 0.434 e. The van der Waals surface area contributed by atoms with E-state index in [4.69, 9.17) is 4.74 Å². The summed E-state index contributed by atoms with van der Waals surface area (Å²) in [5.41, 5.74) is 2.50. The van der Waals surface area contributed by atoms with Crippen LogP contribution in [0.25, 0.3) is 11.1 Å². The number of carbonyl (C=O) groups excluding carboxylic acids is 1. The van der Waals surface area contributed by atoms with Crippen LogP contribution >= 0.6 is 0 Å². The Kier molecular flexibility index (Phi) is 8.82. The SMILES string of the molecule is CC(C)[C@H](C1CC(NC(=O)CCN(C)C)C1)N1CC2(CCN(c3ncnnc3Oc3ccc(F)cc3-c3cncnc3C3CC3)C2)C1. The van der Waals surface area contributed by atoms with Gasteiger partial charge in [-0.25, -0.2) is 19.3 Å². The molecular weight excluding hydrogens is 597 g/mol. The average Bonchev–Trinajstić information content (AvgIpc) is 3.77. The lowest BCUT2D eigenvalue weighted by Crippen LogP contribution is -2.65. The van der Waals surface area contributed by atoms with Gasteiger partial charge in [-0.3, -0.25) is 9.69 Å². The number of halogens is 1. The first-order valence-corrected chi connectivity index (χ1v) is 17.1. The molecule has 2 saturated heterocycles. The van der Waals surface area contributed by atoms with Gasteiger partial charge in [-0.2, -0.15) is 0 Å². The van der Waals surface area contributed by atoms with E-state index in [0.29, 0.717) is 59.3 Å². The highest BCUT2D eigenvalue weighted by molar-refractivity contribution is 5.76. The summed E-state index contributed by atoms with van der Waals surface area (Å²) in [5, 5.41) is 11.6. The summed E-state index contributed by atoms with van der Waals surface area (Å²) >= 11 is 0. The van der Waals surface area contributed by atoms with E-state index in [1.54, 1.807) is 18.6 Å². The molecule has 250 valence electrons. The van der Waals surface area contributed by atoms with Crippen LogP contribution in [0.3, 0.4) is 0 Å². The quantitative estimate of drug-likeness (QED) is 0.302. The molecular formula is C35H46FN9O2. The first kappa shape index (κ1) is 31.8. The van der Waals surface area contributed by atoms with Crippen molar-refractivity contribution in [3.8, 4) is 22.8 Å². The zero-order chi connectivity index (χ0) is 32.7. The Morgan fingerprint density at radius 1 is 1.13 bits per heavy atom. The Bertz CT molecular complexity index is 1590. The fourth-order valence-corrected chi connectivity index (χ4v) is 8.02. The van der Waals surface area contributed by atoms with E-state index in [2.05, 4.69) is 54.1 Å². The van der Waals surface area contributed by atoms with Crippen molar-refractivity contribution in [3.63, 3.8) is 0 Å². The third kappa shape index (κ3) is 6.80. The normalized spacial score (nSPS) is 22.7. The van der Waals surface area contributed by atoms with E-state index in [1.807, 2.05) is 19.0 Å². The first-order chi connectivity index (χ1) is 22.7. The van der Waals surface area contributed by atoms with Crippen molar-refractivity contribution >= 4 is 11.7 Å². The Balaban J connectivity index is 1.00. The van der Waals surface area contributed by atoms with Crippen molar-refractivity contribution in [2.45, 2.75) is 70.4 Å². The number of hydrogen-bond donors (Lipinski definition) is 1. The average molecular weight is 644 g/mol. The topological polar surface area (TPSA) is 113 Å². The first-order valence-electron chi connectivity index (χ1n) is 17.1. The molecule has 47 heavy (non-hydrogen) atoms. The minimum absolute atomic E-state index is 0.160. The van der Waals surface area contributed by atoms with Crippen molar-refractivity contribution in [2.24, 2.45) is 17.3 Å². The van der Waals surface area contributed by atoms with Crippen molar-refractivity contribution in [3.05, 3.63) is 48.6 Å². The summed E-state index contributed by atoms with van der Waals surface area (Å²) < 4.78 is 20.9. The molecule has 2 aliphatic heterocycles. The number of rotatable bonds is 12. The fraction of sp³-hybridized carbons (Fsp3) is 0.600. The van der Waals surface area contributed by atoms with Crippen LogP contribution in [-0.2, 0) is 4.79 Å². The summed E-state index contributed by atoms with van der Waals surface area (Å²) in [6.45, 7) is 9.26. The second kappa shape index (κ2) is 13.0. The number of aromatic nitrogens is 5. The van der Waals surface area contributed by atoms with Gasteiger partial charge < -0.3 is 19.9 Å². The van der Waals surface area contributed by atoms with Gasteiger partial charge in [0.2, 0.25) is 5.91 Å². The molecule has 0 bridgehead atoms. The Morgan fingerprint density at radius 2 is 1.94 bits per heavy atom. The van der Waals surface area contributed by atoms with Crippen molar-refractivity contribution in [2.75, 3.05) is 51.7 Å². The molecule has 7 rings (SSSR count). The lowest BCUT2D eigenvalue weighted by Gasteiger charge is -2.57. The lowest BCUT2D eigenvalue weighted by atomic mass is 9.68. The van der Waals surface area contributed by atoms with E-state index in [9.17, 15) is 9.18 Å². The predicted molar refractivity (Wildman–Crippen MR) is 177 cm³/mol. The number of benzene rings is 1. The Morgan fingerprint density at radius 3 is 2.68 bits per heavy atom. The number of ether oxygens (including phenoxy) is 1. The molecule has 1 spiro atoms. The van der Waals surface area contributed by atoms with E-state index in [1.165, 1.54) is 18.5 Å². The molecule has 11 nitrogen and oxygen atoms in total. The summed E-state index contributed by atoms with van der Waals surface area (Å²) in [6.07, 6.45) is 10.6. The Labute approximate surface area is 276 Å². The fourth-order valence-electron chi connectivity index (χ4n) is 8.02. The molecule has 2 saturated carbocycles. The van der Waals surface area contributed by atoms with E-state index < -0.39 is 0 Å². The van der Waals surface area contributed by atoms with Gasteiger partial charge in [-0.1, -0.05) is 13.8 Å². The zero-order valence-corrected chi connectivity index (χ0v) is 27.9. The number of hydrogen-bond acceptors (Lipinski definition) is 10. The highest BCUT2D eigenvalue weighted by Crippen LogP contribution is 2.48. The molecule has 1 aromatic carbocycles. The minimum Gasteiger partial charge on any atom is -0.434 e. The molecule has 4 fully saturated rings. The van der Waals surface area contributed by atoms with Gasteiger partial charge >= 0.3 is 0 Å². The molecule has 4 heterocycles. The van der Waals surface area contributed by atoms with E-state index in [0.717, 1.165) is 76.1 Å². The molecule has 1 amide bonds. The Hall–Kier alpha value is -3.77. The number of amides is 1. The molecule has 2 aliphatic carbocycles. The standard InChI is InChI=1S/C35H46FN9O2/c1-22(2)32(24-13-26(14-24)41-30(46)9-11-43(3)4)45-18-35(19-45)10-12-44(17-35)33-34(42-40-21-39-33)47-29-8-7-25(36)15-27(29)28-16-37-20-38-31(28)23-5-6-23/h7-8,15-16,20-24,26,32H,5-6,9-14,17-19H2,1-4H3,(H,41,46)/t24?,26?,32-/m1/s1. The summed E-state index contributed by atoms with van der Waals surface area (Å²) in [5.74, 6) is 2.77. The van der Waals surface area contributed by atoms with Gasteiger partial charge in [-0.05, 0) is 76.2 Å². The third-order valence-corrected chi connectivity index (χ3v) is 10.4. The van der Waals surface area contributed by atoms with Crippen LogP contribution < -0.4 is 15.0 Å². The maximum Gasteiger partial charge on any atom is 0.282 e. The van der Waals surface area contributed by atoms with Crippen LogP contribution in [-0.4, -0.2) is 99.8 Å². The highest BCUT2D eigenvalue weighted by Gasteiger charge is 2.53. The molecule has 0 radical (unpaired) electrons. The van der Waals surface area contributed by atoms with Crippen LogP contribution in [0.1, 0.15) is 64.0 Å². The van der Waals surface area contributed by atoms with Gasteiger partial charge in [-0.15, -0.1) is 10.2 Å². The van der Waals surface area contributed by atoms with E-state index >= 15 is 0 Å². The molecule has 1 atom stereocenters. The maximum absolute atomic E-state index is 14.5. The predicted octanol–water partition coefficient (Wildman–Crippen LogP) is 4.52. The maximum atomic E-state index is 14.5. The number of anilines is 1. The number of likely N-dealkylation sites (tertiary alicyclic amines) is 1. The van der Waals surface area contributed by atoms with Crippen LogP contribution in [0.4, 0.5) is 10.2 Å². The smallest absolute Gasteiger partial charge is 0.282 e. The molecule has 0 unspecified atom stereocenters. The summed E-state index contributed by atoms with van der Waals surface area (Å²) in [7, 11) is 3.99. The number of carbonyl (C=O) groups is 1. The second-order valence-electron chi connectivity index (χ2n) is 14.8. The molecule has 1 N–H and O–H groups in total. The van der Waals surface area contributed by atoms with Gasteiger partial charge in [0, 0.05) is 79.9 Å². The van der Waals surface area contributed by atoms with Crippen molar-refractivity contribution in [1.29, 1.82) is 0 Å². The van der Waals surface area contributed by atoms with Gasteiger partial charge in [0.05, 0.1) is 5.69 Å². The zero-order valence-electron chi connectivity index (χ0n) is 27.9. The number of nitrogens with zero attached hydrogens (tertiary/aromatic N) is 8. The monoisotopic (exact) mass is 643 g/mol. The van der Waals surface area contributed by atoms with E-state index in [-0.39, 0.29) is 17.1 Å². The lowest BCUT2D eigenvalue weighted by molar-refractivity contribution is -0.123. The molecule has 4 aliphatic rings. The highest BCUT2D eigenvalue weighted by atomic mass is 19.1. The number of nitrogens with one attached hydrogen (secondary N) is 1. The summed E-state index contributed by atoms with van der Waals surface area (Å²) in [6, 6.07) is 5.32. The van der Waals surface area contributed by atoms with Crippen LogP contribution in [0.15, 0.2) is 37.1 Å². The van der Waals surface area contributed by atoms with Gasteiger partial charge in [0.15, 0.2) is 5.82 Å². The van der Waals surface area contributed by atoms with Crippen LogP contribution in [0.2, 0.25) is 0 Å². The van der Waals surface area contributed by atoms with Crippen molar-refractivity contribution < 1.29 is 13.9 Å². The third-order valence-electron chi connectivity index (χ3n) is 10.4. The van der Waals surface area contributed by atoms with Gasteiger partial charge in [0.1, 0.15) is 24.2 Å². The summed E-state index contributed by atoms with van der Waals surface area (Å²) in [4.78, 5) is 32.7. The van der Waals surface area contributed by atoms with Crippen LogP contribution in [0, 0.1) is 23.1 Å². The van der Waals surface area contributed by atoms with Crippen molar-refractivity contribution in [1.82, 2.24) is 40.3 Å². The van der Waals surface area contributed by atoms with Crippen LogP contribution in [0.5, 0.6) is 11.6 Å². The minimum atomic E-state index is -0.353. The van der Waals surface area contributed by atoms with Gasteiger partial charge in [0.25, 0.3) is 5.88 Å². The molecule has 2 aromatic heterocycles. The molecule has 12 heteroatoms. The second-order valence-corrected chi connectivity index (χ2v) is 14.8.